The van der Waals surface area contributed by atoms with E-state index in [1.165, 1.54) is 22.7 Å². The Hall–Kier alpha value is -2.57. The molecule has 1 fully saturated rings. The zero-order valence-corrected chi connectivity index (χ0v) is 16.9. The smallest absolute Gasteiger partial charge is 0.232 e. The molecule has 0 radical (unpaired) electrons. The number of fused-ring (bicyclic) bond motifs is 1. The molecule has 0 aliphatic carbocycles. The van der Waals surface area contributed by atoms with Gasteiger partial charge in [-0.2, -0.15) is 4.98 Å². The van der Waals surface area contributed by atoms with E-state index < -0.39 is 31.1 Å². The number of ether oxygens (including phenoxy) is 1. The van der Waals surface area contributed by atoms with Gasteiger partial charge in [-0.15, -0.1) is 0 Å². The fourth-order valence-corrected chi connectivity index (χ4v) is 4.02. The predicted octanol–water partition coefficient (Wildman–Crippen LogP) is 0.937. The third-order valence-corrected chi connectivity index (χ3v) is 5.70. The van der Waals surface area contributed by atoms with Crippen LogP contribution in [0.2, 0.25) is 0 Å². The molecule has 0 bridgehead atoms. The molecule has 4 rings (SSSR count). The number of hydrogen-bond donors (Lipinski definition) is 4. The van der Waals surface area contributed by atoms with Crippen LogP contribution in [0.3, 0.4) is 0 Å². The molecular formula is C19H21N5O5S. The van der Waals surface area contributed by atoms with Crippen LogP contribution >= 0.6 is 11.8 Å². The Morgan fingerprint density at radius 3 is 2.67 bits per heavy atom. The molecule has 1 aromatic carbocycles. The summed E-state index contributed by atoms with van der Waals surface area (Å²) in [4.78, 5) is 26.0. The molecule has 10 nitrogen and oxygen atoms in total. The minimum absolute atomic E-state index is 0.0984. The lowest BCUT2D eigenvalue weighted by Crippen LogP contribution is -2.33. The maximum atomic E-state index is 11.9. The van der Waals surface area contributed by atoms with E-state index >= 15 is 0 Å². The number of imidazole rings is 1. The van der Waals surface area contributed by atoms with Gasteiger partial charge in [-0.05, 0) is 12.1 Å². The van der Waals surface area contributed by atoms with Gasteiger partial charge in [-0.25, -0.2) is 9.97 Å². The summed E-state index contributed by atoms with van der Waals surface area (Å²) in [5.41, 5.74) is 0.778. The molecule has 1 aliphatic heterocycles. The second-order valence-electron chi connectivity index (χ2n) is 6.72. The van der Waals surface area contributed by atoms with Crippen molar-refractivity contribution in [3.8, 4) is 0 Å². The number of nitrogens with one attached hydrogen (secondary N) is 1. The molecule has 0 unspecified atom stereocenters. The van der Waals surface area contributed by atoms with Gasteiger partial charge in [0.1, 0.15) is 28.9 Å². The van der Waals surface area contributed by atoms with Gasteiger partial charge >= 0.3 is 0 Å². The maximum absolute atomic E-state index is 11.9. The Morgan fingerprint density at radius 2 is 2.00 bits per heavy atom. The molecule has 0 saturated carbocycles. The summed E-state index contributed by atoms with van der Waals surface area (Å²) >= 11 is 1.36. The van der Waals surface area contributed by atoms with Crippen LogP contribution in [0.15, 0.2) is 46.6 Å². The van der Waals surface area contributed by atoms with E-state index in [2.05, 4.69) is 20.3 Å². The van der Waals surface area contributed by atoms with Gasteiger partial charge in [-0.1, -0.05) is 36.9 Å². The molecule has 3 aromatic rings. The number of carbonyl (C=O) groups is 1. The van der Waals surface area contributed by atoms with Gasteiger partial charge in [0, 0.05) is 11.3 Å². The fourth-order valence-electron chi connectivity index (χ4n) is 3.13. The maximum Gasteiger partial charge on any atom is 0.232 e. The number of aliphatic hydroxyl groups is 3. The number of rotatable bonds is 6. The van der Waals surface area contributed by atoms with Crippen LogP contribution in [0.5, 0.6) is 0 Å². The molecule has 1 amide bonds. The Bertz CT molecular complexity index is 1050. The number of carbonyl (C=O) groups excluding carboxylic acids is 1. The highest BCUT2D eigenvalue weighted by atomic mass is 32.2. The van der Waals surface area contributed by atoms with Crippen LogP contribution in [0.4, 0.5) is 5.95 Å². The summed E-state index contributed by atoms with van der Waals surface area (Å²) < 4.78 is 7.08. The van der Waals surface area contributed by atoms with Gasteiger partial charge in [-0.3, -0.25) is 14.7 Å². The molecule has 4 atom stereocenters. The Kier molecular flexibility index (Phi) is 5.97. The third-order valence-electron chi connectivity index (χ3n) is 4.71. The largest absolute Gasteiger partial charge is 0.394 e. The highest BCUT2D eigenvalue weighted by Crippen LogP contribution is 2.35. The van der Waals surface area contributed by atoms with E-state index in [9.17, 15) is 20.1 Å². The van der Waals surface area contributed by atoms with Crippen LogP contribution in [-0.4, -0.2) is 65.7 Å². The van der Waals surface area contributed by atoms with Gasteiger partial charge < -0.3 is 20.1 Å². The number of benzene rings is 1. The average molecular weight is 431 g/mol. The van der Waals surface area contributed by atoms with E-state index in [4.69, 9.17) is 4.74 Å². The first-order chi connectivity index (χ1) is 14.5. The summed E-state index contributed by atoms with van der Waals surface area (Å²) in [6.45, 7) is 1.28. The Balaban J connectivity index is 1.78. The first-order valence-corrected chi connectivity index (χ1v) is 10.2. The average Bonchev–Trinajstić information content (AvgIpc) is 3.30. The SMILES string of the molecule is CCC(=O)Nc1nc(Sc2ccccc2)c2ncn([C@@H]3O[C@H](CO)[C@@H](O)[C@H]3O)c2n1. The van der Waals surface area contributed by atoms with Gasteiger partial charge in [0.05, 0.1) is 12.9 Å². The van der Waals surface area contributed by atoms with Gasteiger partial charge in [0.25, 0.3) is 0 Å². The number of amides is 1. The summed E-state index contributed by atoms with van der Waals surface area (Å²) in [5, 5.41) is 33.0. The highest BCUT2D eigenvalue weighted by molar-refractivity contribution is 7.99. The van der Waals surface area contributed by atoms with Crippen molar-refractivity contribution in [2.45, 2.75) is 47.8 Å². The second kappa shape index (κ2) is 8.66. The van der Waals surface area contributed by atoms with Crippen molar-refractivity contribution in [1.29, 1.82) is 0 Å². The van der Waals surface area contributed by atoms with Crippen LogP contribution in [-0.2, 0) is 9.53 Å². The monoisotopic (exact) mass is 431 g/mol. The highest BCUT2D eigenvalue weighted by Gasteiger charge is 2.44. The zero-order valence-electron chi connectivity index (χ0n) is 16.0. The number of nitrogens with zero attached hydrogens (tertiary/aromatic N) is 4. The molecule has 30 heavy (non-hydrogen) atoms. The number of hydrogen-bond acceptors (Lipinski definition) is 9. The quantitative estimate of drug-likeness (QED) is 0.419. The molecule has 2 aromatic heterocycles. The van der Waals surface area contributed by atoms with Crippen molar-refractivity contribution in [2.75, 3.05) is 11.9 Å². The Labute approximate surface area is 175 Å². The lowest BCUT2D eigenvalue weighted by atomic mass is 10.1. The fraction of sp³-hybridized carbons (Fsp3) is 0.368. The minimum Gasteiger partial charge on any atom is -0.394 e. The molecule has 1 saturated heterocycles. The summed E-state index contributed by atoms with van der Waals surface area (Å²) in [6, 6.07) is 9.55. The van der Waals surface area contributed by atoms with Crippen molar-refractivity contribution in [3.63, 3.8) is 0 Å². The molecule has 11 heteroatoms. The topological polar surface area (TPSA) is 143 Å². The van der Waals surface area contributed by atoms with E-state index in [0.29, 0.717) is 16.2 Å². The van der Waals surface area contributed by atoms with Crippen molar-refractivity contribution < 1.29 is 24.9 Å². The summed E-state index contributed by atoms with van der Waals surface area (Å²) in [7, 11) is 0. The molecule has 3 heterocycles. The van der Waals surface area contributed by atoms with Crippen molar-refractivity contribution >= 4 is 34.8 Å². The lowest BCUT2D eigenvalue weighted by molar-refractivity contribution is -0.115. The van der Waals surface area contributed by atoms with Crippen molar-refractivity contribution in [3.05, 3.63) is 36.7 Å². The van der Waals surface area contributed by atoms with Crippen LogP contribution < -0.4 is 5.32 Å². The third kappa shape index (κ3) is 3.89. The molecule has 0 spiro atoms. The number of aromatic nitrogens is 4. The van der Waals surface area contributed by atoms with E-state index in [1.54, 1.807) is 6.92 Å². The standard InChI is InChI=1S/C19H21N5O5S/c1-2-12(26)21-19-22-16-13(17(23-19)30-10-6-4-3-5-7-10)20-9-24(16)18-15(28)14(27)11(8-25)29-18/h3-7,9,11,14-15,18,25,27-28H,2,8H2,1H3,(H,21,22,23,26)/t11-,14-,15-,18-/m1/s1. The lowest BCUT2D eigenvalue weighted by Gasteiger charge is -2.17. The molecular weight excluding hydrogens is 410 g/mol. The second-order valence-corrected chi connectivity index (χ2v) is 7.78. The van der Waals surface area contributed by atoms with E-state index in [-0.39, 0.29) is 18.3 Å². The van der Waals surface area contributed by atoms with E-state index in [1.807, 2.05) is 30.3 Å². The van der Waals surface area contributed by atoms with Crippen LogP contribution in [0.25, 0.3) is 11.2 Å². The van der Waals surface area contributed by atoms with E-state index in [0.717, 1.165) is 4.90 Å². The first kappa shape index (κ1) is 20.7. The Morgan fingerprint density at radius 1 is 1.23 bits per heavy atom. The predicted molar refractivity (Wildman–Crippen MR) is 108 cm³/mol. The summed E-state index contributed by atoms with van der Waals surface area (Å²) in [5.74, 6) is -0.148. The minimum atomic E-state index is -1.28. The molecule has 1 aliphatic rings. The van der Waals surface area contributed by atoms with Gasteiger partial charge in [0.2, 0.25) is 11.9 Å². The molecule has 4 N–H and O–H groups in total. The van der Waals surface area contributed by atoms with Crippen molar-refractivity contribution in [2.24, 2.45) is 0 Å². The van der Waals surface area contributed by atoms with Crippen molar-refractivity contribution in [1.82, 2.24) is 19.5 Å². The van der Waals surface area contributed by atoms with Crippen LogP contribution in [0.1, 0.15) is 19.6 Å². The van der Waals surface area contributed by atoms with Gasteiger partial charge in [0.15, 0.2) is 11.9 Å². The zero-order chi connectivity index (χ0) is 21.3. The number of anilines is 1. The van der Waals surface area contributed by atoms with Crippen LogP contribution in [0, 0.1) is 0 Å². The number of aliphatic hydroxyl groups excluding tert-OH is 3. The normalized spacial score (nSPS) is 23.7. The first-order valence-electron chi connectivity index (χ1n) is 9.41. The molecule has 158 valence electrons. The summed E-state index contributed by atoms with van der Waals surface area (Å²) in [6.07, 6.45) is -2.77.